The van der Waals surface area contributed by atoms with Gasteiger partial charge in [0.25, 0.3) is 5.91 Å². The minimum atomic E-state index is -4.36. The normalized spacial score (nSPS) is 11.6. The van der Waals surface area contributed by atoms with Crippen LogP contribution in [-0.4, -0.2) is 31.8 Å². The van der Waals surface area contributed by atoms with Gasteiger partial charge in [-0.2, -0.15) is 18.3 Å². The molecule has 0 saturated carbocycles. The molecule has 0 unspecified atom stereocenters. The highest BCUT2D eigenvalue weighted by molar-refractivity contribution is 7.13. The first-order chi connectivity index (χ1) is 16.4. The van der Waals surface area contributed by atoms with E-state index in [-0.39, 0.29) is 5.91 Å². The smallest absolute Gasteiger partial charge is 0.320 e. The van der Waals surface area contributed by atoms with Crippen molar-refractivity contribution in [1.29, 1.82) is 0 Å². The fourth-order valence-corrected chi connectivity index (χ4v) is 4.29. The maximum Gasteiger partial charge on any atom is 0.408 e. The molecule has 34 heavy (non-hydrogen) atoms. The molecule has 0 spiro atoms. The number of benzene rings is 2. The van der Waals surface area contributed by atoms with Gasteiger partial charge in [-0.25, -0.2) is 0 Å². The van der Waals surface area contributed by atoms with Crippen molar-refractivity contribution in [3.8, 4) is 21.6 Å². The van der Waals surface area contributed by atoms with E-state index >= 15 is 0 Å². The number of carbonyl (C=O) groups is 1. The average molecular weight is 479 g/mol. The summed E-state index contributed by atoms with van der Waals surface area (Å²) >= 11 is 1.48. The summed E-state index contributed by atoms with van der Waals surface area (Å²) in [5.41, 5.74) is 5.32. The summed E-state index contributed by atoms with van der Waals surface area (Å²) in [6.07, 6.45) is 1.67. The van der Waals surface area contributed by atoms with Gasteiger partial charge in [-0.15, -0.1) is 11.3 Å². The maximum atomic E-state index is 13.0. The van der Waals surface area contributed by atoms with E-state index in [2.05, 4.69) is 20.4 Å². The van der Waals surface area contributed by atoms with Crippen LogP contribution in [0.2, 0.25) is 0 Å². The number of alkyl halides is 3. The number of hydrogen-bond donors (Lipinski definition) is 1. The zero-order valence-electron chi connectivity index (χ0n) is 17.5. The number of halogens is 3. The van der Waals surface area contributed by atoms with E-state index in [4.69, 9.17) is 0 Å². The van der Waals surface area contributed by atoms with Gasteiger partial charge in [0.15, 0.2) is 0 Å². The number of para-hydroxylation sites is 1. The number of hydrogen-bond acceptors (Lipinski definition) is 5. The minimum absolute atomic E-state index is 0.302. The van der Waals surface area contributed by atoms with E-state index in [1.54, 1.807) is 54.3 Å². The highest BCUT2D eigenvalue weighted by Crippen LogP contribution is 2.32. The molecule has 2 aromatic carbocycles. The van der Waals surface area contributed by atoms with Crippen LogP contribution in [-0.2, 0) is 6.54 Å². The van der Waals surface area contributed by atoms with Crippen molar-refractivity contribution in [2.45, 2.75) is 12.7 Å². The molecular weight excluding hydrogens is 463 g/mol. The number of nitrogens with zero attached hydrogens (tertiary/aromatic N) is 4. The number of fused-ring (bicyclic) bond motifs is 1. The molecule has 0 aliphatic rings. The number of amides is 1. The zero-order chi connectivity index (χ0) is 23.7. The average Bonchev–Trinajstić information content (AvgIpc) is 3.50. The van der Waals surface area contributed by atoms with Gasteiger partial charge in [-0.3, -0.25) is 19.4 Å². The molecule has 0 aliphatic heterocycles. The third-order valence-electron chi connectivity index (χ3n) is 5.15. The molecule has 0 radical (unpaired) electrons. The summed E-state index contributed by atoms with van der Waals surface area (Å²) in [5.74, 6) is -0.302. The van der Waals surface area contributed by atoms with Crippen LogP contribution in [0.4, 0.5) is 18.9 Å². The summed E-state index contributed by atoms with van der Waals surface area (Å²) < 4.78 is 39.0. The molecule has 0 bridgehead atoms. The van der Waals surface area contributed by atoms with Crippen LogP contribution >= 0.6 is 11.3 Å². The predicted molar refractivity (Wildman–Crippen MR) is 125 cm³/mol. The standard InChI is InChI=1S/C24H16F3N5OS/c25-24(26,27)13-32-12-17(10-30-32)18-7-8-29-22-19(18)5-2-6-20(22)31-23(33)16-4-1-3-15(9-16)21-11-28-14-34-21/h1-12,14H,13H2,(H,31,33). The molecule has 1 N–H and O–H groups in total. The first-order valence-electron chi connectivity index (χ1n) is 10.1. The fraction of sp³-hybridized carbons (Fsp3) is 0.0833. The number of nitrogens with one attached hydrogen (secondary N) is 1. The lowest BCUT2D eigenvalue weighted by molar-refractivity contribution is -0.142. The van der Waals surface area contributed by atoms with Gasteiger partial charge in [0, 0.05) is 35.1 Å². The summed E-state index contributed by atoms with van der Waals surface area (Å²) in [6.45, 7) is -1.17. The first kappa shape index (κ1) is 21.8. The van der Waals surface area contributed by atoms with Crippen molar-refractivity contribution in [1.82, 2.24) is 19.7 Å². The Morgan fingerprint density at radius 2 is 1.91 bits per heavy atom. The molecule has 3 aromatic heterocycles. The first-order valence-corrected chi connectivity index (χ1v) is 11.0. The fourth-order valence-electron chi connectivity index (χ4n) is 3.67. The van der Waals surface area contributed by atoms with Crippen molar-refractivity contribution in [2.75, 3.05) is 5.32 Å². The molecule has 5 aromatic rings. The lowest BCUT2D eigenvalue weighted by atomic mass is 10.0. The van der Waals surface area contributed by atoms with Crippen LogP contribution in [0.5, 0.6) is 0 Å². The Morgan fingerprint density at radius 1 is 1.06 bits per heavy atom. The van der Waals surface area contributed by atoms with Crippen molar-refractivity contribution in [3.63, 3.8) is 0 Å². The predicted octanol–water partition coefficient (Wildman–Crippen LogP) is 6.04. The van der Waals surface area contributed by atoms with Crippen LogP contribution in [0.1, 0.15) is 10.4 Å². The highest BCUT2D eigenvalue weighted by atomic mass is 32.1. The van der Waals surface area contributed by atoms with Crippen LogP contribution < -0.4 is 5.32 Å². The summed E-state index contributed by atoms with van der Waals surface area (Å²) in [6, 6.07) is 14.2. The molecule has 6 nitrogen and oxygen atoms in total. The Hall–Kier alpha value is -4.05. The monoisotopic (exact) mass is 479 g/mol. The van der Waals surface area contributed by atoms with Gasteiger partial charge in [0.2, 0.25) is 0 Å². The molecule has 0 fully saturated rings. The molecule has 0 saturated heterocycles. The van der Waals surface area contributed by atoms with E-state index in [1.165, 1.54) is 23.7 Å². The quantitative estimate of drug-likeness (QED) is 0.334. The molecule has 3 heterocycles. The van der Waals surface area contributed by atoms with Gasteiger partial charge in [-0.1, -0.05) is 24.3 Å². The number of rotatable bonds is 5. The lowest BCUT2D eigenvalue weighted by Crippen LogP contribution is -2.17. The number of anilines is 1. The second-order valence-corrected chi connectivity index (χ2v) is 8.39. The van der Waals surface area contributed by atoms with Crippen molar-refractivity contribution in [3.05, 3.63) is 84.4 Å². The van der Waals surface area contributed by atoms with Gasteiger partial charge < -0.3 is 5.32 Å². The molecule has 170 valence electrons. The van der Waals surface area contributed by atoms with E-state index in [0.29, 0.717) is 33.3 Å². The van der Waals surface area contributed by atoms with Gasteiger partial charge >= 0.3 is 6.18 Å². The SMILES string of the molecule is O=C(Nc1cccc2c(-c3cnn(CC(F)(F)F)c3)ccnc12)c1cccc(-c2cncs2)c1. The van der Waals surface area contributed by atoms with Gasteiger partial charge in [0.1, 0.15) is 6.54 Å². The van der Waals surface area contributed by atoms with Crippen molar-refractivity contribution >= 4 is 33.8 Å². The van der Waals surface area contributed by atoms with Gasteiger partial charge in [-0.05, 0) is 35.4 Å². The Balaban J connectivity index is 1.46. The number of aromatic nitrogens is 4. The number of carbonyl (C=O) groups excluding carboxylic acids is 1. The third-order valence-corrected chi connectivity index (χ3v) is 5.97. The summed E-state index contributed by atoms with van der Waals surface area (Å²) in [4.78, 5) is 22.4. The second kappa shape index (κ2) is 8.71. The molecular formula is C24H16F3N5OS. The molecule has 0 atom stereocenters. The van der Waals surface area contributed by atoms with Crippen LogP contribution in [0, 0.1) is 0 Å². The molecule has 0 aliphatic carbocycles. The third kappa shape index (κ3) is 4.53. The minimum Gasteiger partial charge on any atom is -0.320 e. The topological polar surface area (TPSA) is 72.7 Å². The van der Waals surface area contributed by atoms with Crippen LogP contribution in [0.15, 0.2) is 78.8 Å². The van der Waals surface area contributed by atoms with Crippen molar-refractivity contribution in [2.24, 2.45) is 0 Å². The summed E-state index contributed by atoms with van der Waals surface area (Å²) in [5, 5.41) is 7.42. The van der Waals surface area contributed by atoms with E-state index in [0.717, 1.165) is 15.1 Å². The molecule has 5 rings (SSSR count). The Morgan fingerprint density at radius 3 is 2.71 bits per heavy atom. The molecule has 1 amide bonds. The van der Waals surface area contributed by atoms with E-state index in [1.807, 2.05) is 12.1 Å². The number of thiazole rings is 1. The molecule has 10 heteroatoms. The lowest BCUT2D eigenvalue weighted by Gasteiger charge is -2.11. The van der Waals surface area contributed by atoms with Crippen molar-refractivity contribution < 1.29 is 18.0 Å². The van der Waals surface area contributed by atoms with Crippen LogP contribution in [0.3, 0.4) is 0 Å². The second-order valence-electron chi connectivity index (χ2n) is 7.50. The van der Waals surface area contributed by atoms with E-state index in [9.17, 15) is 18.0 Å². The Bertz CT molecular complexity index is 1480. The summed E-state index contributed by atoms with van der Waals surface area (Å²) in [7, 11) is 0. The Labute approximate surface area is 195 Å². The number of pyridine rings is 1. The van der Waals surface area contributed by atoms with Gasteiger partial charge in [0.05, 0.1) is 27.8 Å². The van der Waals surface area contributed by atoms with Crippen LogP contribution in [0.25, 0.3) is 32.5 Å². The van der Waals surface area contributed by atoms with E-state index < -0.39 is 12.7 Å². The Kier molecular flexibility index (Phi) is 5.58. The zero-order valence-corrected chi connectivity index (χ0v) is 18.3. The maximum absolute atomic E-state index is 13.0. The highest BCUT2D eigenvalue weighted by Gasteiger charge is 2.28. The largest absolute Gasteiger partial charge is 0.408 e.